The van der Waals surface area contributed by atoms with Crippen molar-refractivity contribution in [3.63, 3.8) is 0 Å². The summed E-state index contributed by atoms with van der Waals surface area (Å²) in [7, 11) is 0. The van der Waals surface area contributed by atoms with Gasteiger partial charge >= 0.3 is 0 Å². The zero-order chi connectivity index (χ0) is 20.5. The van der Waals surface area contributed by atoms with Gasteiger partial charge in [-0.15, -0.1) is 0 Å². The third-order valence-electron chi connectivity index (χ3n) is 4.93. The van der Waals surface area contributed by atoms with Crippen LogP contribution >= 0.6 is 0 Å². The second kappa shape index (κ2) is 7.40. The van der Waals surface area contributed by atoms with Crippen LogP contribution in [-0.2, 0) is 11.3 Å². The van der Waals surface area contributed by atoms with E-state index in [1.165, 1.54) is 12.1 Å². The van der Waals surface area contributed by atoms with Gasteiger partial charge in [0.2, 0.25) is 5.91 Å². The van der Waals surface area contributed by atoms with Crippen molar-refractivity contribution in [2.45, 2.75) is 6.54 Å². The van der Waals surface area contributed by atoms with Gasteiger partial charge < -0.3 is 5.32 Å². The molecule has 1 N–H and O–H groups in total. The molecule has 0 radical (unpaired) electrons. The maximum Gasteiger partial charge on any atom is 0.246 e. The Balaban J connectivity index is 1.61. The molecule has 3 aromatic carbocycles. The molecule has 5 rings (SSSR count). The number of hydrogen-bond donors (Lipinski definition) is 1. The van der Waals surface area contributed by atoms with Crippen LogP contribution in [0.5, 0.6) is 0 Å². The van der Waals surface area contributed by atoms with Crippen molar-refractivity contribution < 1.29 is 9.18 Å². The summed E-state index contributed by atoms with van der Waals surface area (Å²) in [4.78, 5) is 17.3. The highest BCUT2D eigenvalue weighted by atomic mass is 19.1. The number of nitrogens with one attached hydrogen (secondary N) is 1. The monoisotopic (exact) mass is 396 g/mol. The summed E-state index contributed by atoms with van der Waals surface area (Å²) in [5.41, 5.74) is 3.79. The number of carbonyl (C=O) groups is 1. The predicted molar refractivity (Wildman–Crippen MR) is 115 cm³/mol. The smallest absolute Gasteiger partial charge is 0.246 e. The summed E-state index contributed by atoms with van der Waals surface area (Å²) in [6.07, 6.45) is 1.80. The zero-order valence-corrected chi connectivity index (χ0v) is 15.9. The van der Waals surface area contributed by atoms with Crippen molar-refractivity contribution in [1.82, 2.24) is 14.8 Å². The molecule has 1 amide bonds. The number of amides is 1. The molecule has 30 heavy (non-hydrogen) atoms. The standard InChI is InChI=1S/C24H17FN4O/c25-17-9-6-10-18(13-17)27-22(30)15-29-24-19-11-4-5-12-21(19)26-14-20(24)23(28-29)16-7-2-1-3-8-16/h1-14H,15H2,(H,27,30). The van der Waals surface area contributed by atoms with E-state index in [0.717, 1.165) is 33.1 Å². The summed E-state index contributed by atoms with van der Waals surface area (Å²) >= 11 is 0. The maximum absolute atomic E-state index is 13.4. The van der Waals surface area contributed by atoms with Crippen molar-refractivity contribution in [2.24, 2.45) is 0 Å². The van der Waals surface area contributed by atoms with Crippen LogP contribution in [0.25, 0.3) is 33.1 Å². The number of hydrogen-bond acceptors (Lipinski definition) is 3. The van der Waals surface area contributed by atoms with Crippen LogP contribution in [0, 0.1) is 5.82 Å². The van der Waals surface area contributed by atoms with Gasteiger partial charge in [0.25, 0.3) is 0 Å². The van der Waals surface area contributed by atoms with Crippen LogP contribution in [0.1, 0.15) is 0 Å². The first-order chi connectivity index (χ1) is 14.7. The van der Waals surface area contributed by atoms with Crippen LogP contribution in [0.15, 0.2) is 85.1 Å². The molecule has 0 saturated carbocycles. The van der Waals surface area contributed by atoms with Gasteiger partial charge in [-0.05, 0) is 24.3 Å². The molecular weight excluding hydrogens is 379 g/mol. The molecule has 0 unspecified atom stereocenters. The predicted octanol–water partition coefficient (Wildman–Crippen LogP) is 5.03. The Morgan fingerprint density at radius 1 is 0.933 bits per heavy atom. The minimum Gasteiger partial charge on any atom is -0.324 e. The van der Waals surface area contributed by atoms with E-state index in [4.69, 9.17) is 5.10 Å². The SMILES string of the molecule is O=C(Cn1nc(-c2ccccc2)c2cnc3ccccc3c21)Nc1cccc(F)c1. The van der Waals surface area contributed by atoms with E-state index in [9.17, 15) is 9.18 Å². The topological polar surface area (TPSA) is 59.8 Å². The quantitative estimate of drug-likeness (QED) is 0.464. The Morgan fingerprint density at radius 3 is 2.57 bits per heavy atom. The van der Waals surface area contributed by atoms with Crippen LogP contribution < -0.4 is 5.32 Å². The highest BCUT2D eigenvalue weighted by Crippen LogP contribution is 2.31. The Kier molecular flexibility index (Phi) is 4.44. The van der Waals surface area contributed by atoms with Crippen LogP contribution in [0.4, 0.5) is 10.1 Å². The number of pyridine rings is 1. The molecule has 0 aliphatic carbocycles. The zero-order valence-electron chi connectivity index (χ0n) is 15.9. The normalized spacial score (nSPS) is 11.1. The summed E-state index contributed by atoms with van der Waals surface area (Å²) in [5, 5.41) is 9.28. The average molecular weight is 396 g/mol. The third kappa shape index (κ3) is 3.28. The second-order valence-corrected chi connectivity index (χ2v) is 6.97. The lowest BCUT2D eigenvalue weighted by Crippen LogP contribution is -2.19. The van der Waals surface area contributed by atoms with E-state index in [1.54, 1.807) is 23.0 Å². The van der Waals surface area contributed by atoms with Crippen molar-refractivity contribution in [1.29, 1.82) is 0 Å². The van der Waals surface area contributed by atoms with Gasteiger partial charge in [0.1, 0.15) is 18.1 Å². The molecule has 146 valence electrons. The molecule has 0 fully saturated rings. The number of fused-ring (bicyclic) bond motifs is 3. The molecule has 5 nitrogen and oxygen atoms in total. The van der Waals surface area contributed by atoms with Crippen LogP contribution in [0.3, 0.4) is 0 Å². The lowest BCUT2D eigenvalue weighted by Gasteiger charge is -2.07. The molecule has 0 bridgehead atoms. The first kappa shape index (κ1) is 18.0. The molecule has 0 spiro atoms. The number of aromatic nitrogens is 3. The number of rotatable bonds is 4. The van der Waals surface area contributed by atoms with E-state index in [2.05, 4.69) is 10.3 Å². The molecule has 2 heterocycles. The van der Waals surface area contributed by atoms with Gasteiger partial charge in [-0.25, -0.2) is 4.39 Å². The molecule has 0 saturated heterocycles. The summed E-state index contributed by atoms with van der Waals surface area (Å²) in [6, 6.07) is 23.4. The molecule has 0 aliphatic heterocycles. The third-order valence-corrected chi connectivity index (χ3v) is 4.93. The van der Waals surface area contributed by atoms with Crippen molar-refractivity contribution in [3.05, 3.63) is 90.9 Å². The Labute approximate surface area is 171 Å². The molecule has 0 atom stereocenters. The first-order valence-corrected chi connectivity index (χ1v) is 9.54. The fourth-order valence-electron chi connectivity index (χ4n) is 3.63. The van der Waals surface area contributed by atoms with Gasteiger partial charge in [0.05, 0.1) is 11.0 Å². The van der Waals surface area contributed by atoms with Gasteiger partial charge in [-0.3, -0.25) is 14.5 Å². The van der Waals surface area contributed by atoms with E-state index >= 15 is 0 Å². The summed E-state index contributed by atoms with van der Waals surface area (Å²) in [5.74, 6) is -0.689. The fraction of sp³-hybridized carbons (Fsp3) is 0.0417. The number of anilines is 1. The van der Waals surface area contributed by atoms with Crippen molar-refractivity contribution in [3.8, 4) is 11.3 Å². The Hall–Kier alpha value is -4.06. The molecule has 5 aromatic rings. The summed E-state index contributed by atoms with van der Waals surface area (Å²) < 4.78 is 15.1. The average Bonchev–Trinajstić information content (AvgIpc) is 3.13. The number of nitrogens with zero attached hydrogens (tertiary/aromatic N) is 3. The fourth-order valence-corrected chi connectivity index (χ4v) is 3.63. The molecule has 6 heteroatoms. The van der Waals surface area contributed by atoms with Crippen molar-refractivity contribution in [2.75, 3.05) is 5.32 Å². The number of para-hydroxylation sites is 1. The molecule has 2 aromatic heterocycles. The van der Waals surface area contributed by atoms with Crippen LogP contribution in [0.2, 0.25) is 0 Å². The van der Waals surface area contributed by atoms with Gasteiger partial charge in [0.15, 0.2) is 0 Å². The highest BCUT2D eigenvalue weighted by molar-refractivity contribution is 6.08. The maximum atomic E-state index is 13.4. The minimum atomic E-state index is -0.402. The lowest BCUT2D eigenvalue weighted by molar-refractivity contribution is -0.116. The summed E-state index contributed by atoms with van der Waals surface area (Å²) in [6.45, 7) is -0.00610. The second-order valence-electron chi connectivity index (χ2n) is 6.97. The number of carbonyl (C=O) groups excluding carboxylic acids is 1. The van der Waals surface area contributed by atoms with Crippen LogP contribution in [-0.4, -0.2) is 20.7 Å². The number of halogens is 1. The lowest BCUT2D eigenvalue weighted by atomic mass is 10.1. The Morgan fingerprint density at radius 2 is 1.73 bits per heavy atom. The molecular formula is C24H17FN4O. The van der Waals surface area contributed by atoms with E-state index < -0.39 is 5.82 Å². The number of benzene rings is 3. The highest BCUT2D eigenvalue weighted by Gasteiger charge is 2.17. The van der Waals surface area contributed by atoms with E-state index in [-0.39, 0.29) is 12.5 Å². The largest absolute Gasteiger partial charge is 0.324 e. The first-order valence-electron chi connectivity index (χ1n) is 9.54. The van der Waals surface area contributed by atoms with Gasteiger partial charge in [-0.2, -0.15) is 5.10 Å². The van der Waals surface area contributed by atoms with Gasteiger partial charge in [0, 0.05) is 28.2 Å². The van der Waals surface area contributed by atoms with Gasteiger partial charge in [-0.1, -0.05) is 54.6 Å². The Bertz CT molecular complexity index is 1380. The molecule has 0 aliphatic rings. The van der Waals surface area contributed by atoms with E-state index in [1.807, 2.05) is 54.6 Å². The van der Waals surface area contributed by atoms with E-state index in [0.29, 0.717) is 5.69 Å². The minimum absolute atomic E-state index is 0.00610. The van der Waals surface area contributed by atoms with Crippen molar-refractivity contribution >= 4 is 33.4 Å².